The highest BCUT2D eigenvalue weighted by atomic mass is 19.2. The average Bonchev–Trinajstić information content (AvgIpc) is 2.44. The largest absolute Gasteiger partial charge is 0.493 e. The first-order chi connectivity index (χ1) is 9.47. The zero-order valence-corrected chi connectivity index (χ0v) is 10.2. The first-order valence-corrected chi connectivity index (χ1v) is 5.48. The lowest BCUT2D eigenvalue weighted by atomic mass is 10.0. The summed E-state index contributed by atoms with van der Waals surface area (Å²) in [6.07, 6.45) is 0. The first kappa shape index (κ1) is 14.0. The maximum Gasteiger partial charge on any atom is 0.199 e. The molecular formula is C14H8F4O2. The van der Waals surface area contributed by atoms with E-state index in [9.17, 15) is 22.4 Å². The molecule has 0 saturated heterocycles. The lowest BCUT2D eigenvalue weighted by Crippen LogP contribution is -2.09. The van der Waals surface area contributed by atoms with Crippen molar-refractivity contribution in [3.8, 4) is 5.75 Å². The zero-order chi connectivity index (χ0) is 14.9. The Morgan fingerprint density at radius 2 is 1.60 bits per heavy atom. The molecule has 0 amide bonds. The molecule has 104 valence electrons. The van der Waals surface area contributed by atoms with Crippen LogP contribution in [0.2, 0.25) is 0 Å². The van der Waals surface area contributed by atoms with E-state index in [0.717, 1.165) is 19.2 Å². The molecule has 0 atom stereocenters. The molecule has 0 unspecified atom stereocenters. The Morgan fingerprint density at radius 1 is 0.900 bits per heavy atom. The van der Waals surface area contributed by atoms with E-state index in [0.29, 0.717) is 6.07 Å². The lowest BCUT2D eigenvalue weighted by molar-refractivity contribution is 0.103. The standard InChI is InChI=1S/C14H8F4O2/c1-20-14-8(3-2-4-10(14)16)13(19)7-5-6-9(15)12(18)11(7)17/h2-6H,1H3. The lowest BCUT2D eigenvalue weighted by Gasteiger charge is -2.09. The Labute approximate surface area is 111 Å². The molecule has 0 radical (unpaired) electrons. The van der Waals surface area contributed by atoms with E-state index in [4.69, 9.17) is 4.74 Å². The molecule has 2 aromatic carbocycles. The van der Waals surface area contributed by atoms with Crippen LogP contribution in [0.5, 0.6) is 5.75 Å². The number of hydrogen-bond acceptors (Lipinski definition) is 2. The monoisotopic (exact) mass is 284 g/mol. The number of benzene rings is 2. The van der Waals surface area contributed by atoms with Crippen LogP contribution in [0.4, 0.5) is 17.6 Å². The van der Waals surface area contributed by atoms with Crippen LogP contribution in [0, 0.1) is 23.3 Å². The van der Waals surface area contributed by atoms with E-state index >= 15 is 0 Å². The van der Waals surface area contributed by atoms with Crippen molar-refractivity contribution >= 4 is 5.78 Å². The van der Waals surface area contributed by atoms with Crippen LogP contribution < -0.4 is 4.74 Å². The van der Waals surface area contributed by atoms with E-state index in [1.165, 1.54) is 12.1 Å². The second-order valence-electron chi connectivity index (χ2n) is 3.87. The summed E-state index contributed by atoms with van der Waals surface area (Å²) in [6, 6.07) is 4.89. The third kappa shape index (κ3) is 2.24. The minimum absolute atomic E-state index is 0.280. The third-order valence-corrected chi connectivity index (χ3v) is 2.70. The molecule has 6 heteroatoms. The SMILES string of the molecule is COc1c(F)cccc1C(=O)c1ccc(F)c(F)c1F. The van der Waals surface area contributed by atoms with Crippen LogP contribution >= 0.6 is 0 Å². The van der Waals surface area contributed by atoms with Crippen molar-refractivity contribution in [2.75, 3.05) is 7.11 Å². The molecular weight excluding hydrogens is 276 g/mol. The predicted octanol–water partition coefficient (Wildman–Crippen LogP) is 3.48. The summed E-state index contributed by atoms with van der Waals surface area (Å²) in [5.74, 6) is -7.00. The van der Waals surface area contributed by atoms with E-state index in [1.807, 2.05) is 0 Å². The van der Waals surface area contributed by atoms with Gasteiger partial charge in [0, 0.05) is 0 Å². The summed E-state index contributed by atoms with van der Waals surface area (Å²) in [7, 11) is 1.14. The Balaban J connectivity index is 2.58. The van der Waals surface area contributed by atoms with Crippen LogP contribution in [0.15, 0.2) is 30.3 Å². The van der Waals surface area contributed by atoms with Gasteiger partial charge in [0.25, 0.3) is 0 Å². The van der Waals surface area contributed by atoms with Gasteiger partial charge in [0.05, 0.1) is 18.2 Å². The van der Waals surface area contributed by atoms with Gasteiger partial charge in [-0.1, -0.05) is 6.07 Å². The minimum atomic E-state index is -1.76. The topological polar surface area (TPSA) is 26.3 Å². The molecule has 0 bridgehead atoms. The minimum Gasteiger partial charge on any atom is -0.493 e. The third-order valence-electron chi connectivity index (χ3n) is 2.70. The van der Waals surface area contributed by atoms with Crippen LogP contribution in [0.3, 0.4) is 0 Å². The van der Waals surface area contributed by atoms with Gasteiger partial charge in [0.2, 0.25) is 0 Å². The molecule has 0 aliphatic rings. The molecule has 0 fully saturated rings. The van der Waals surface area contributed by atoms with Crippen molar-refractivity contribution < 1.29 is 27.1 Å². The summed E-state index contributed by atoms with van der Waals surface area (Å²) in [5, 5.41) is 0. The van der Waals surface area contributed by atoms with Gasteiger partial charge in [-0.2, -0.15) is 0 Å². The number of rotatable bonds is 3. The number of ketones is 1. The fourth-order valence-corrected chi connectivity index (χ4v) is 1.74. The van der Waals surface area contributed by atoms with E-state index in [-0.39, 0.29) is 11.3 Å². The van der Waals surface area contributed by atoms with Crippen LogP contribution in [0.25, 0.3) is 0 Å². The van der Waals surface area contributed by atoms with Gasteiger partial charge in [-0.25, -0.2) is 17.6 Å². The normalized spacial score (nSPS) is 10.4. The van der Waals surface area contributed by atoms with Crippen LogP contribution in [-0.4, -0.2) is 12.9 Å². The Kier molecular flexibility index (Phi) is 3.74. The van der Waals surface area contributed by atoms with Gasteiger partial charge in [-0.15, -0.1) is 0 Å². The number of carbonyl (C=O) groups excluding carboxylic acids is 1. The number of ether oxygens (including phenoxy) is 1. The summed E-state index contributed by atoms with van der Waals surface area (Å²) >= 11 is 0. The quantitative estimate of drug-likeness (QED) is 0.490. The predicted molar refractivity (Wildman–Crippen MR) is 62.7 cm³/mol. The molecule has 20 heavy (non-hydrogen) atoms. The van der Waals surface area contributed by atoms with Gasteiger partial charge in [0.1, 0.15) is 0 Å². The highest BCUT2D eigenvalue weighted by Gasteiger charge is 2.23. The summed E-state index contributed by atoms with van der Waals surface area (Å²) in [6.45, 7) is 0. The van der Waals surface area contributed by atoms with Crippen molar-refractivity contribution in [1.29, 1.82) is 0 Å². The molecule has 0 spiro atoms. The molecule has 0 N–H and O–H groups in total. The van der Waals surface area contributed by atoms with Gasteiger partial charge in [-0.3, -0.25) is 4.79 Å². The number of methoxy groups -OCH3 is 1. The average molecular weight is 284 g/mol. The highest BCUT2D eigenvalue weighted by molar-refractivity contribution is 6.10. The van der Waals surface area contributed by atoms with E-state index < -0.39 is 34.6 Å². The van der Waals surface area contributed by atoms with Gasteiger partial charge in [0.15, 0.2) is 34.8 Å². The Bertz CT molecular complexity index is 683. The zero-order valence-electron chi connectivity index (χ0n) is 10.2. The highest BCUT2D eigenvalue weighted by Crippen LogP contribution is 2.26. The van der Waals surface area contributed by atoms with Crippen molar-refractivity contribution in [3.05, 3.63) is 64.7 Å². The Hall–Kier alpha value is -2.37. The van der Waals surface area contributed by atoms with Crippen molar-refractivity contribution in [3.63, 3.8) is 0 Å². The molecule has 2 rings (SSSR count). The second kappa shape index (κ2) is 5.32. The molecule has 0 aliphatic carbocycles. The number of carbonyl (C=O) groups is 1. The second-order valence-corrected chi connectivity index (χ2v) is 3.87. The number of para-hydroxylation sites is 1. The van der Waals surface area contributed by atoms with Gasteiger partial charge < -0.3 is 4.74 Å². The number of halogens is 4. The molecule has 0 aliphatic heterocycles. The van der Waals surface area contributed by atoms with Gasteiger partial charge >= 0.3 is 0 Å². The molecule has 0 heterocycles. The Morgan fingerprint density at radius 3 is 2.25 bits per heavy atom. The molecule has 2 nitrogen and oxygen atoms in total. The van der Waals surface area contributed by atoms with E-state index in [1.54, 1.807) is 0 Å². The van der Waals surface area contributed by atoms with E-state index in [2.05, 4.69) is 0 Å². The molecule has 0 saturated carbocycles. The first-order valence-electron chi connectivity index (χ1n) is 5.48. The van der Waals surface area contributed by atoms with Gasteiger partial charge in [-0.05, 0) is 24.3 Å². The van der Waals surface area contributed by atoms with Crippen LogP contribution in [-0.2, 0) is 0 Å². The number of hydrogen-bond donors (Lipinski definition) is 0. The molecule has 0 aromatic heterocycles. The summed E-state index contributed by atoms with van der Waals surface area (Å²) in [4.78, 5) is 12.1. The summed E-state index contributed by atoms with van der Waals surface area (Å²) < 4.78 is 57.7. The maximum absolute atomic E-state index is 13.6. The summed E-state index contributed by atoms with van der Waals surface area (Å²) in [5.41, 5.74) is -0.981. The molecule has 2 aromatic rings. The fourth-order valence-electron chi connectivity index (χ4n) is 1.74. The van der Waals surface area contributed by atoms with Crippen molar-refractivity contribution in [2.24, 2.45) is 0 Å². The van der Waals surface area contributed by atoms with Crippen LogP contribution in [0.1, 0.15) is 15.9 Å². The van der Waals surface area contributed by atoms with Crippen molar-refractivity contribution in [1.82, 2.24) is 0 Å². The smallest absolute Gasteiger partial charge is 0.199 e. The fraction of sp³-hybridized carbons (Fsp3) is 0.0714. The van der Waals surface area contributed by atoms with Crippen molar-refractivity contribution in [2.45, 2.75) is 0 Å². The maximum atomic E-state index is 13.6.